The molecule has 0 radical (unpaired) electrons. The Kier molecular flexibility index (Phi) is 3.54. The van der Waals surface area contributed by atoms with E-state index < -0.39 is 0 Å². The Morgan fingerprint density at radius 2 is 1.71 bits per heavy atom. The molecule has 1 N–H and O–H groups in total. The number of rotatable bonds is 1. The predicted molar refractivity (Wildman–Crippen MR) is 69.2 cm³/mol. The molecule has 0 bridgehead atoms. The van der Waals surface area contributed by atoms with Gasteiger partial charge >= 0.3 is 0 Å². The number of nitrogens with one attached hydrogen (secondary N) is 1. The Balaban J connectivity index is 2.14. The van der Waals surface area contributed by atoms with Gasteiger partial charge in [-0.15, -0.1) is 0 Å². The van der Waals surface area contributed by atoms with E-state index in [0.717, 1.165) is 25.9 Å². The fourth-order valence-corrected chi connectivity index (χ4v) is 3.28. The van der Waals surface area contributed by atoms with Gasteiger partial charge in [0.2, 0.25) is 0 Å². The first-order chi connectivity index (χ1) is 7.85. The van der Waals surface area contributed by atoms with Crippen molar-refractivity contribution in [1.82, 2.24) is 5.32 Å². The van der Waals surface area contributed by atoms with E-state index in [-0.39, 0.29) is 11.2 Å². The summed E-state index contributed by atoms with van der Waals surface area (Å²) in [6, 6.07) is 0. The molecule has 2 aliphatic rings. The van der Waals surface area contributed by atoms with E-state index in [0.29, 0.717) is 18.1 Å². The molecular weight excluding hydrogens is 214 g/mol. The van der Waals surface area contributed by atoms with E-state index in [4.69, 9.17) is 9.47 Å². The first-order valence-electron chi connectivity index (χ1n) is 6.92. The largest absolute Gasteiger partial charge is 0.375 e. The van der Waals surface area contributed by atoms with Crippen LogP contribution in [0.2, 0.25) is 0 Å². The zero-order valence-electron chi connectivity index (χ0n) is 11.9. The lowest BCUT2D eigenvalue weighted by molar-refractivity contribution is -0.236. The van der Waals surface area contributed by atoms with Crippen molar-refractivity contribution in [3.05, 3.63) is 0 Å². The van der Waals surface area contributed by atoms with Crippen molar-refractivity contribution in [3.8, 4) is 0 Å². The number of hydrogen-bond donors (Lipinski definition) is 1. The summed E-state index contributed by atoms with van der Waals surface area (Å²) in [5.74, 6) is 0.528. The lowest BCUT2D eigenvalue weighted by Gasteiger charge is -2.52. The Hall–Kier alpha value is -0.120. The first-order valence-corrected chi connectivity index (χ1v) is 6.92. The number of hydrogen-bond acceptors (Lipinski definition) is 3. The molecule has 0 amide bonds. The molecule has 3 atom stereocenters. The summed E-state index contributed by atoms with van der Waals surface area (Å²) in [5.41, 5.74) is -0.0661. The smallest absolute Gasteiger partial charge is 0.0863 e. The second-order valence-corrected chi connectivity index (χ2v) is 6.52. The van der Waals surface area contributed by atoms with E-state index in [9.17, 15) is 0 Å². The summed E-state index contributed by atoms with van der Waals surface area (Å²) < 4.78 is 12.4. The van der Waals surface area contributed by atoms with Crippen molar-refractivity contribution in [1.29, 1.82) is 0 Å². The standard InChI is InChI=1S/C14H27NO2/c1-10(2)13(5)8-15-9-14(17-13)6-11(3)16-12(4)7-14/h10-12,15H,6-9H2,1-5H3. The maximum atomic E-state index is 6.56. The third-order valence-electron chi connectivity index (χ3n) is 4.38. The topological polar surface area (TPSA) is 30.5 Å². The van der Waals surface area contributed by atoms with Gasteiger partial charge in [-0.3, -0.25) is 0 Å². The van der Waals surface area contributed by atoms with Crippen LogP contribution >= 0.6 is 0 Å². The van der Waals surface area contributed by atoms with Gasteiger partial charge in [0.05, 0.1) is 23.4 Å². The second kappa shape index (κ2) is 4.52. The highest BCUT2D eigenvalue weighted by Gasteiger charge is 2.48. The van der Waals surface area contributed by atoms with Crippen molar-refractivity contribution in [2.24, 2.45) is 5.92 Å². The number of ether oxygens (including phenoxy) is 2. The van der Waals surface area contributed by atoms with Gasteiger partial charge in [-0.05, 0) is 26.7 Å². The minimum Gasteiger partial charge on any atom is -0.375 e. The molecule has 0 saturated carbocycles. The monoisotopic (exact) mass is 241 g/mol. The minimum absolute atomic E-state index is 0.0195. The molecule has 0 aromatic heterocycles. The van der Waals surface area contributed by atoms with Gasteiger partial charge < -0.3 is 14.8 Å². The van der Waals surface area contributed by atoms with Gasteiger partial charge in [-0.25, -0.2) is 0 Å². The van der Waals surface area contributed by atoms with E-state index in [1.165, 1.54) is 0 Å². The Morgan fingerprint density at radius 3 is 2.24 bits per heavy atom. The lowest BCUT2D eigenvalue weighted by atomic mass is 9.82. The van der Waals surface area contributed by atoms with Crippen LogP contribution in [0.4, 0.5) is 0 Å². The van der Waals surface area contributed by atoms with Crippen LogP contribution in [0.1, 0.15) is 47.5 Å². The fourth-order valence-electron chi connectivity index (χ4n) is 3.28. The first kappa shape index (κ1) is 13.3. The molecule has 2 saturated heterocycles. The van der Waals surface area contributed by atoms with Crippen LogP contribution in [-0.2, 0) is 9.47 Å². The Morgan fingerprint density at radius 1 is 1.12 bits per heavy atom. The third-order valence-corrected chi connectivity index (χ3v) is 4.38. The molecule has 0 aliphatic carbocycles. The van der Waals surface area contributed by atoms with Crippen LogP contribution in [0.5, 0.6) is 0 Å². The minimum atomic E-state index is -0.0466. The quantitative estimate of drug-likeness (QED) is 0.764. The van der Waals surface area contributed by atoms with Gasteiger partial charge in [-0.1, -0.05) is 13.8 Å². The van der Waals surface area contributed by atoms with Crippen LogP contribution in [0, 0.1) is 5.92 Å². The normalized spacial score (nSPS) is 47.6. The molecule has 2 rings (SSSR count). The SMILES string of the molecule is CC1CC2(CNCC(C)(C(C)C)O2)CC(C)O1. The molecular formula is C14H27NO2. The van der Waals surface area contributed by atoms with Crippen LogP contribution in [-0.4, -0.2) is 36.5 Å². The summed E-state index contributed by atoms with van der Waals surface area (Å²) in [6.07, 6.45) is 2.62. The van der Waals surface area contributed by atoms with Crippen molar-refractivity contribution in [3.63, 3.8) is 0 Å². The average Bonchev–Trinajstić information content (AvgIpc) is 2.14. The lowest BCUT2D eigenvalue weighted by Crippen LogP contribution is -2.64. The molecule has 2 heterocycles. The molecule has 17 heavy (non-hydrogen) atoms. The Bertz CT molecular complexity index is 269. The summed E-state index contributed by atoms with van der Waals surface area (Å²) in [7, 11) is 0. The fraction of sp³-hybridized carbons (Fsp3) is 1.00. The van der Waals surface area contributed by atoms with Gasteiger partial charge in [0.25, 0.3) is 0 Å². The third kappa shape index (κ3) is 2.67. The van der Waals surface area contributed by atoms with E-state index >= 15 is 0 Å². The number of morpholine rings is 1. The predicted octanol–water partition coefficient (Wildman–Crippen LogP) is 2.35. The molecule has 2 fully saturated rings. The summed E-state index contributed by atoms with van der Waals surface area (Å²) in [6.45, 7) is 12.9. The van der Waals surface area contributed by atoms with Gasteiger partial charge in [0.15, 0.2) is 0 Å². The van der Waals surface area contributed by atoms with E-state index in [1.54, 1.807) is 0 Å². The summed E-state index contributed by atoms with van der Waals surface area (Å²) in [4.78, 5) is 0. The molecule has 0 aromatic rings. The van der Waals surface area contributed by atoms with Crippen molar-refractivity contribution >= 4 is 0 Å². The van der Waals surface area contributed by atoms with Gasteiger partial charge in [-0.2, -0.15) is 0 Å². The second-order valence-electron chi connectivity index (χ2n) is 6.52. The molecule has 3 unspecified atom stereocenters. The molecule has 0 aromatic carbocycles. The van der Waals surface area contributed by atoms with Crippen molar-refractivity contribution in [2.75, 3.05) is 13.1 Å². The maximum absolute atomic E-state index is 6.56. The highest BCUT2D eigenvalue weighted by atomic mass is 16.5. The van der Waals surface area contributed by atoms with Gasteiger partial charge in [0, 0.05) is 25.9 Å². The molecule has 1 spiro atoms. The van der Waals surface area contributed by atoms with Crippen LogP contribution in [0.3, 0.4) is 0 Å². The van der Waals surface area contributed by atoms with Crippen LogP contribution in [0.25, 0.3) is 0 Å². The highest BCUT2D eigenvalue weighted by molar-refractivity contribution is 4.99. The molecule has 3 heteroatoms. The zero-order valence-corrected chi connectivity index (χ0v) is 11.9. The highest BCUT2D eigenvalue weighted by Crippen LogP contribution is 2.39. The zero-order chi connectivity index (χ0) is 12.7. The summed E-state index contributed by atoms with van der Waals surface area (Å²) in [5, 5.41) is 3.58. The van der Waals surface area contributed by atoms with Gasteiger partial charge in [0.1, 0.15) is 0 Å². The van der Waals surface area contributed by atoms with E-state index in [1.807, 2.05) is 0 Å². The Labute approximate surface area is 105 Å². The molecule has 3 nitrogen and oxygen atoms in total. The molecule has 2 aliphatic heterocycles. The summed E-state index contributed by atoms with van der Waals surface area (Å²) >= 11 is 0. The van der Waals surface area contributed by atoms with Crippen molar-refractivity contribution in [2.45, 2.75) is 70.9 Å². The van der Waals surface area contributed by atoms with E-state index in [2.05, 4.69) is 39.9 Å². The maximum Gasteiger partial charge on any atom is 0.0863 e. The molecule has 100 valence electrons. The average molecular weight is 241 g/mol. The van der Waals surface area contributed by atoms with Crippen LogP contribution in [0.15, 0.2) is 0 Å². The van der Waals surface area contributed by atoms with Crippen LogP contribution < -0.4 is 5.32 Å². The van der Waals surface area contributed by atoms with Crippen molar-refractivity contribution < 1.29 is 9.47 Å².